The van der Waals surface area contributed by atoms with Gasteiger partial charge in [0, 0.05) is 31.7 Å². The number of rotatable bonds is 5. The Kier molecular flexibility index (Phi) is 4.93. The number of piperidine rings is 1. The van der Waals surface area contributed by atoms with E-state index < -0.39 is 0 Å². The molecule has 2 aliphatic heterocycles. The Bertz CT molecular complexity index is 601. The van der Waals surface area contributed by atoms with E-state index in [0.717, 1.165) is 31.5 Å². The van der Waals surface area contributed by atoms with E-state index in [1.807, 2.05) is 4.90 Å². The number of carbonyl (C=O) groups excluding carboxylic acids is 1. The van der Waals surface area contributed by atoms with E-state index in [9.17, 15) is 9.18 Å². The number of halogens is 1. The van der Waals surface area contributed by atoms with Gasteiger partial charge in [-0.3, -0.25) is 0 Å². The molecule has 2 atom stereocenters. The molecule has 3 aliphatic rings. The molecule has 4 nitrogen and oxygen atoms in total. The van der Waals surface area contributed by atoms with Crippen molar-refractivity contribution in [3.05, 3.63) is 35.6 Å². The average molecular weight is 345 g/mol. The van der Waals surface area contributed by atoms with Crippen LogP contribution in [0.4, 0.5) is 9.18 Å². The highest BCUT2D eigenvalue weighted by atomic mass is 19.1. The van der Waals surface area contributed by atoms with Crippen LogP contribution in [-0.4, -0.2) is 47.5 Å². The van der Waals surface area contributed by atoms with Crippen LogP contribution in [0.2, 0.25) is 0 Å². The molecule has 25 heavy (non-hydrogen) atoms. The van der Waals surface area contributed by atoms with Crippen LogP contribution in [0.15, 0.2) is 24.3 Å². The third-order valence-electron chi connectivity index (χ3n) is 5.90. The molecule has 0 spiro atoms. The average Bonchev–Trinajstić information content (AvgIpc) is 3.30. The van der Waals surface area contributed by atoms with Gasteiger partial charge >= 0.3 is 6.03 Å². The molecule has 1 saturated carbocycles. The number of nitrogens with one attached hydrogen (secondary N) is 1. The molecule has 0 bridgehead atoms. The van der Waals surface area contributed by atoms with Gasteiger partial charge in [-0.15, -0.1) is 0 Å². The molecule has 0 radical (unpaired) electrons. The summed E-state index contributed by atoms with van der Waals surface area (Å²) in [5.74, 6) is 0.410. The van der Waals surface area contributed by atoms with Crippen LogP contribution < -0.4 is 5.32 Å². The molecule has 1 aliphatic carbocycles. The molecule has 3 fully saturated rings. The maximum Gasteiger partial charge on any atom is 0.317 e. The number of nitrogens with zero attached hydrogens (tertiary/aromatic N) is 2. The van der Waals surface area contributed by atoms with Crippen molar-refractivity contribution in [2.75, 3.05) is 19.6 Å². The van der Waals surface area contributed by atoms with Crippen molar-refractivity contribution >= 4 is 6.03 Å². The summed E-state index contributed by atoms with van der Waals surface area (Å²) in [7, 11) is 0. The van der Waals surface area contributed by atoms with Gasteiger partial charge in [-0.2, -0.15) is 0 Å². The molecule has 5 heteroatoms. The van der Waals surface area contributed by atoms with Crippen LogP contribution in [0.3, 0.4) is 0 Å². The summed E-state index contributed by atoms with van der Waals surface area (Å²) in [6, 6.07) is 7.50. The zero-order valence-corrected chi connectivity index (χ0v) is 14.8. The number of benzene rings is 1. The van der Waals surface area contributed by atoms with Crippen molar-refractivity contribution in [3.8, 4) is 0 Å². The number of amides is 2. The van der Waals surface area contributed by atoms with Gasteiger partial charge in [-0.05, 0) is 68.7 Å². The van der Waals surface area contributed by atoms with Crippen molar-refractivity contribution in [3.63, 3.8) is 0 Å². The van der Waals surface area contributed by atoms with E-state index >= 15 is 0 Å². The lowest BCUT2D eigenvalue weighted by Gasteiger charge is -2.36. The first-order chi connectivity index (χ1) is 12.2. The fourth-order valence-electron chi connectivity index (χ4n) is 4.26. The van der Waals surface area contributed by atoms with Crippen LogP contribution in [0.1, 0.15) is 44.1 Å². The molecule has 0 aromatic heterocycles. The van der Waals surface area contributed by atoms with Crippen LogP contribution in [-0.2, 0) is 6.54 Å². The minimum absolute atomic E-state index is 0.0488. The van der Waals surface area contributed by atoms with Crippen LogP contribution in [0.5, 0.6) is 0 Å². The molecule has 0 unspecified atom stereocenters. The van der Waals surface area contributed by atoms with Crippen molar-refractivity contribution in [2.45, 2.75) is 57.2 Å². The van der Waals surface area contributed by atoms with Gasteiger partial charge in [-0.25, -0.2) is 9.18 Å². The van der Waals surface area contributed by atoms with E-state index in [4.69, 9.17) is 0 Å². The third-order valence-corrected chi connectivity index (χ3v) is 5.90. The maximum atomic E-state index is 13.1. The van der Waals surface area contributed by atoms with Gasteiger partial charge in [0.05, 0.1) is 0 Å². The van der Waals surface area contributed by atoms with E-state index in [-0.39, 0.29) is 11.8 Å². The van der Waals surface area contributed by atoms with E-state index in [1.165, 1.54) is 44.4 Å². The SMILES string of the molecule is O=C(N[C@H]1CCN2CCC[C@H]2C1)N(Cc1ccc(F)cc1)CC1CC1. The van der Waals surface area contributed by atoms with Gasteiger partial charge in [0.25, 0.3) is 0 Å². The molecule has 2 heterocycles. The second-order valence-electron chi connectivity index (χ2n) is 7.95. The Hall–Kier alpha value is -1.62. The molecule has 2 amide bonds. The molecule has 1 N–H and O–H groups in total. The van der Waals surface area contributed by atoms with Gasteiger partial charge < -0.3 is 15.1 Å². The standard InChI is InChI=1S/C20H28FN3O/c21-17-7-5-16(6-8-17)14-24(13-15-3-4-15)20(25)22-18-9-11-23-10-1-2-19(23)12-18/h5-8,15,18-19H,1-4,9-14H2,(H,22,25)/t18-,19-/m0/s1. The third kappa shape index (κ3) is 4.32. The first kappa shape index (κ1) is 16.8. The van der Waals surface area contributed by atoms with Crippen LogP contribution >= 0.6 is 0 Å². The number of hydrogen-bond acceptors (Lipinski definition) is 2. The first-order valence-electron chi connectivity index (χ1n) is 9.71. The predicted octanol–water partition coefficient (Wildman–Crippen LogP) is 3.37. The number of hydrogen-bond donors (Lipinski definition) is 1. The summed E-state index contributed by atoms with van der Waals surface area (Å²) in [5.41, 5.74) is 0.989. The molecule has 1 aromatic carbocycles. The highest BCUT2D eigenvalue weighted by Gasteiger charge is 2.33. The van der Waals surface area contributed by atoms with Gasteiger partial charge in [-0.1, -0.05) is 12.1 Å². The zero-order chi connectivity index (χ0) is 17.2. The Morgan fingerprint density at radius 1 is 1.16 bits per heavy atom. The topological polar surface area (TPSA) is 35.6 Å². The lowest BCUT2D eigenvalue weighted by atomic mass is 9.98. The lowest BCUT2D eigenvalue weighted by molar-refractivity contribution is 0.152. The highest BCUT2D eigenvalue weighted by molar-refractivity contribution is 5.74. The Morgan fingerprint density at radius 3 is 2.72 bits per heavy atom. The van der Waals surface area contributed by atoms with E-state index in [2.05, 4.69) is 10.2 Å². The van der Waals surface area contributed by atoms with Gasteiger partial charge in [0.1, 0.15) is 5.82 Å². The van der Waals surface area contributed by atoms with Crippen molar-refractivity contribution in [1.82, 2.24) is 15.1 Å². The highest BCUT2D eigenvalue weighted by Crippen LogP contribution is 2.31. The van der Waals surface area contributed by atoms with Crippen LogP contribution in [0, 0.1) is 11.7 Å². The van der Waals surface area contributed by atoms with Crippen molar-refractivity contribution in [1.29, 1.82) is 0 Å². The molecular formula is C20H28FN3O. The molecule has 1 aromatic rings. The zero-order valence-electron chi connectivity index (χ0n) is 14.8. The predicted molar refractivity (Wildman–Crippen MR) is 95.7 cm³/mol. The molecule has 136 valence electrons. The van der Waals surface area contributed by atoms with Gasteiger partial charge in [0.15, 0.2) is 0 Å². The first-order valence-corrected chi connectivity index (χ1v) is 9.71. The second kappa shape index (κ2) is 7.32. The minimum Gasteiger partial charge on any atom is -0.335 e. The largest absolute Gasteiger partial charge is 0.335 e. The monoisotopic (exact) mass is 345 g/mol. The number of urea groups is 1. The quantitative estimate of drug-likeness (QED) is 0.888. The Morgan fingerprint density at radius 2 is 1.96 bits per heavy atom. The Balaban J connectivity index is 1.36. The van der Waals surface area contributed by atoms with Crippen LogP contribution in [0.25, 0.3) is 0 Å². The number of fused-ring (bicyclic) bond motifs is 1. The van der Waals surface area contributed by atoms with Crippen molar-refractivity contribution < 1.29 is 9.18 Å². The summed E-state index contributed by atoms with van der Waals surface area (Å²) in [6.07, 6.45) is 7.13. The second-order valence-corrected chi connectivity index (χ2v) is 7.95. The Labute approximate surface area is 149 Å². The number of carbonyl (C=O) groups is 1. The van der Waals surface area contributed by atoms with E-state index in [0.29, 0.717) is 24.5 Å². The molecule has 2 saturated heterocycles. The van der Waals surface area contributed by atoms with Gasteiger partial charge in [0.2, 0.25) is 0 Å². The smallest absolute Gasteiger partial charge is 0.317 e. The summed E-state index contributed by atoms with van der Waals surface area (Å²) >= 11 is 0. The van der Waals surface area contributed by atoms with Crippen molar-refractivity contribution in [2.24, 2.45) is 5.92 Å². The maximum absolute atomic E-state index is 13.1. The fraction of sp³-hybridized carbons (Fsp3) is 0.650. The van der Waals surface area contributed by atoms with E-state index in [1.54, 1.807) is 12.1 Å². The summed E-state index contributed by atoms with van der Waals surface area (Å²) in [4.78, 5) is 17.4. The fourth-order valence-corrected chi connectivity index (χ4v) is 4.26. The summed E-state index contributed by atoms with van der Waals surface area (Å²) in [6.45, 7) is 3.70. The molecule has 4 rings (SSSR count). The minimum atomic E-state index is -0.231. The summed E-state index contributed by atoms with van der Waals surface area (Å²) in [5, 5.41) is 3.28. The normalized spacial score (nSPS) is 26.3. The lowest BCUT2D eigenvalue weighted by Crippen LogP contribution is -2.51. The summed E-state index contributed by atoms with van der Waals surface area (Å²) < 4.78 is 13.1. The molecular weight excluding hydrogens is 317 g/mol.